The fraction of sp³-hybridized carbons (Fsp3) is 0.611. The van der Waals surface area contributed by atoms with Gasteiger partial charge in [0.1, 0.15) is 0 Å². The molecule has 1 atom stereocenters. The predicted molar refractivity (Wildman–Crippen MR) is 100.0 cm³/mol. The van der Waals surface area contributed by atoms with Gasteiger partial charge in [-0.3, -0.25) is 4.79 Å². The van der Waals surface area contributed by atoms with Crippen molar-refractivity contribution in [1.82, 2.24) is 10.2 Å². The molecule has 1 fully saturated rings. The number of halogens is 5. The summed E-state index contributed by atoms with van der Waals surface area (Å²) in [6, 6.07) is -0.362. The van der Waals surface area contributed by atoms with E-state index in [2.05, 4.69) is 10.2 Å². The second-order valence-electron chi connectivity index (χ2n) is 7.70. The predicted octanol–water partition coefficient (Wildman–Crippen LogP) is 4.48. The average Bonchev–Trinajstić information content (AvgIpc) is 2.58. The number of rotatable bonds is 4. The molecule has 8 heteroatoms. The molecule has 1 amide bonds. The van der Waals surface area contributed by atoms with Gasteiger partial charge in [-0.25, -0.2) is 17.6 Å². The normalized spacial score (nSPS) is 17.2. The van der Waals surface area contributed by atoms with Gasteiger partial charge in [0.2, 0.25) is 0 Å². The Morgan fingerprint density at radius 2 is 1.58 bits per heavy atom. The maximum atomic E-state index is 14.1. The molecule has 1 aromatic carbocycles. The molecule has 0 aromatic heterocycles. The zero-order chi connectivity index (χ0) is 19.6. The van der Waals surface area contributed by atoms with E-state index in [0.717, 1.165) is 25.9 Å². The van der Waals surface area contributed by atoms with E-state index in [9.17, 15) is 22.4 Å². The van der Waals surface area contributed by atoms with Gasteiger partial charge in [-0.15, -0.1) is 0 Å². The SMILES string of the molecule is CC(C)(C)[C@@H](CN1CCCCC1)NC(=O)c1c(F)c(F)c(F)c(F)c1I. The van der Waals surface area contributed by atoms with Crippen molar-refractivity contribution in [2.75, 3.05) is 19.6 Å². The fourth-order valence-corrected chi connectivity index (χ4v) is 3.69. The molecule has 26 heavy (non-hydrogen) atoms. The highest BCUT2D eigenvalue weighted by Crippen LogP contribution is 2.27. The average molecular weight is 486 g/mol. The lowest BCUT2D eigenvalue weighted by atomic mass is 9.85. The monoisotopic (exact) mass is 486 g/mol. The minimum atomic E-state index is -1.98. The minimum absolute atomic E-state index is 0.355. The van der Waals surface area contributed by atoms with E-state index >= 15 is 0 Å². The third kappa shape index (κ3) is 4.68. The van der Waals surface area contributed by atoms with Crippen LogP contribution in [-0.2, 0) is 0 Å². The third-order valence-electron chi connectivity index (χ3n) is 4.68. The molecule has 0 spiro atoms. The Bertz CT molecular complexity index is 656. The molecule has 1 saturated heterocycles. The lowest BCUT2D eigenvalue weighted by molar-refractivity contribution is 0.0851. The lowest BCUT2D eigenvalue weighted by Crippen LogP contribution is -2.52. The van der Waals surface area contributed by atoms with Gasteiger partial charge in [0, 0.05) is 12.6 Å². The summed E-state index contributed by atoms with van der Waals surface area (Å²) >= 11 is 1.32. The van der Waals surface area contributed by atoms with Gasteiger partial charge in [0.25, 0.3) is 5.91 Å². The quantitative estimate of drug-likeness (QED) is 0.295. The first-order valence-electron chi connectivity index (χ1n) is 8.58. The summed E-state index contributed by atoms with van der Waals surface area (Å²) in [7, 11) is 0. The van der Waals surface area contributed by atoms with Crippen LogP contribution in [0.2, 0.25) is 0 Å². The first-order valence-corrected chi connectivity index (χ1v) is 9.66. The van der Waals surface area contributed by atoms with Gasteiger partial charge in [0.05, 0.1) is 9.13 Å². The van der Waals surface area contributed by atoms with Crippen molar-refractivity contribution in [2.45, 2.75) is 46.1 Å². The number of nitrogens with one attached hydrogen (secondary N) is 1. The maximum absolute atomic E-state index is 14.1. The first-order chi connectivity index (χ1) is 12.0. The summed E-state index contributed by atoms with van der Waals surface area (Å²) in [5, 5.41) is 2.69. The number of piperidine rings is 1. The van der Waals surface area contributed by atoms with Gasteiger partial charge in [0.15, 0.2) is 23.3 Å². The summed E-state index contributed by atoms with van der Waals surface area (Å²) in [6.45, 7) is 8.15. The fourth-order valence-electron chi connectivity index (χ4n) is 2.97. The molecule has 0 saturated carbocycles. The van der Waals surface area contributed by atoms with Crippen LogP contribution in [0.5, 0.6) is 0 Å². The molecule has 1 N–H and O–H groups in total. The van der Waals surface area contributed by atoms with Crippen molar-refractivity contribution in [1.29, 1.82) is 0 Å². The highest BCUT2D eigenvalue weighted by molar-refractivity contribution is 14.1. The Hall–Kier alpha value is -0.900. The molecule has 1 heterocycles. The van der Waals surface area contributed by atoms with Crippen LogP contribution in [0.3, 0.4) is 0 Å². The second kappa shape index (κ2) is 8.41. The summed E-state index contributed by atoms with van der Waals surface area (Å²) in [6.07, 6.45) is 3.32. The summed E-state index contributed by atoms with van der Waals surface area (Å²) in [5.41, 5.74) is -1.15. The lowest BCUT2D eigenvalue weighted by Gasteiger charge is -2.37. The molecular weight excluding hydrogens is 463 g/mol. The molecule has 2 rings (SSSR count). The smallest absolute Gasteiger partial charge is 0.255 e. The minimum Gasteiger partial charge on any atom is -0.347 e. The maximum Gasteiger partial charge on any atom is 0.255 e. The molecule has 1 aromatic rings. The van der Waals surface area contributed by atoms with E-state index in [0.29, 0.717) is 6.54 Å². The Morgan fingerprint density at radius 1 is 1.04 bits per heavy atom. The van der Waals surface area contributed by atoms with Gasteiger partial charge in [-0.1, -0.05) is 27.2 Å². The van der Waals surface area contributed by atoms with Crippen molar-refractivity contribution < 1.29 is 22.4 Å². The van der Waals surface area contributed by atoms with Crippen LogP contribution < -0.4 is 5.32 Å². The van der Waals surface area contributed by atoms with E-state index in [1.165, 1.54) is 29.0 Å². The van der Waals surface area contributed by atoms with Crippen molar-refractivity contribution in [3.63, 3.8) is 0 Å². The molecule has 1 aliphatic heterocycles. The Kier molecular flexibility index (Phi) is 6.92. The Balaban J connectivity index is 2.27. The van der Waals surface area contributed by atoms with E-state index in [-0.39, 0.29) is 11.5 Å². The van der Waals surface area contributed by atoms with Crippen LogP contribution in [0.25, 0.3) is 0 Å². The van der Waals surface area contributed by atoms with Crippen LogP contribution in [0.15, 0.2) is 0 Å². The number of nitrogens with zero attached hydrogens (tertiary/aromatic N) is 1. The molecule has 0 unspecified atom stereocenters. The van der Waals surface area contributed by atoms with Crippen LogP contribution in [0, 0.1) is 32.3 Å². The number of hydrogen-bond acceptors (Lipinski definition) is 2. The van der Waals surface area contributed by atoms with Crippen LogP contribution in [0.1, 0.15) is 50.4 Å². The van der Waals surface area contributed by atoms with Crippen molar-refractivity contribution in [3.8, 4) is 0 Å². The van der Waals surface area contributed by atoms with Gasteiger partial charge < -0.3 is 10.2 Å². The standard InChI is InChI=1S/C18H23F4IN2O/c1-18(2,3)10(9-25-7-5-4-6-8-25)24-17(26)11-12(19)13(20)14(21)15(22)16(11)23/h10H,4-9H2,1-3H3,(H,24,26)/t10-/m1/s1. The number of benzene rings is 1. The molecule has 0 bridgehead atoms. The van der Waals surface area contributed by atoms with Gasteiger partial charge in [-0.05, 0) is 53.9 Å². The Morgan fingerprint density at radius 3 is 2.12 bits per heavy atom. The third-order valence-corrected chi connectivity index (χ3v) is 5.69. The Labute approximate surface area is 164 Å². The topological polar surface area (TPSA) is 32.3 Å². The van der Waals surface area contributed by atoms with E-state index in [4.69, 9.17) is 0 Å². The highest BCUT2D eigenvalue weighted by Gasteiger charge is 2.33. The molecule has 0 radical (unpaired) electrons. The van der Waals surface area contributed by atoms with Crippen LogP contribution >= 0.6 is 22.6 Å². The number of likely N-dealkylation sites (tertiary alicyclic amines) is 1. The summed E-state index contributed by atoms with van der Waals surface area (Å²) in [4.78, 5) is 14.8. The number of hydrogen-bond donors (Lipinski definition) is 1. The van der Waals surface area contributed by atoms with Crippen LogP contribution in [0.4, 0.5) is 17.6 Å². The van der Waals surface area contributed by atoms with E-state index < -0.39 is 38.3 Å². The molecule has 1 aliphatic rings. The zero-order valence-corrected chi connectivity index (χ0v) is 17.2. The summed E-state index contributed by atoms with van der Waals surface area (Å²) < 4.78 is 54.2. The molecule has 146 valence electrons. The van der Waals surface area contributed by atoms with E-state index in [1.807, 2.05) is 20.8 Å². The van der Waals surface area contributed by atoms with Crippen molar-refractivity contribution in [2.24, 2.45) is 5.41 Å². The molecular formula is C18H23F4IN2O. The largest absolute Gasteiger partial charge is 0.347 e. The number of carbonyl (C=O) groups is 1. The first kappa shape index (κ1) is 21.4. The number of amides is 1. The zero-order valence-electron chi connectivity index (χ0n) is 15.1. The summed E-state index contributed by atoms with van der Waals surface area (Å²) in [5.74, 6) is -8.06. The molecule has 3 nitrogen and oxygen atoms in total. The van der Waals surface area contributed by atoms with Crippen molar-refractivity contribution >= 4 is 28.5 Å². The molecule has 0 aliphatic carbocycles. The van der Waals surface area contributed by atoms with Gasteiger partial charge in [-0.2, -0.15) is 0 Å². The van der Waals surface area contributed by atoms with Crippen molar-refractivity contribution in [3.05, 3.63) is 32.4 Å². The van der Waals surface area contributed by atoms with Gasteiger partial charge >= 0.3 is 0 Å². The highest BCUT2D eigenvalue weighted by atomic mass is 127. The second-order valence-corrected chi connectivity index (χ2v) is 8.78. The number of carbonyl (C=O) groups excluding carboxylic acids is 1. The van der Waals surface area contributed by atoms with Crippen LogP contribution in [-0.4, -0.2) is 36.5 Å². The van der Waals surface area contributed by atoms with E-state index in [1.54, 1.807) is 0 Å².